The molecule has 1 heterocycles. The molecular weight excluding hydrogens is 238 g/mol. The molecule has 0 aliphatic carbocycles. The molecule has 2 aromatic rings. The normalized spacial score (nSPS) is 9.79. The molecule has 0 aliphatic rings. The van der Waals surface area contributed by atoms with E-state index in [9.17, 15) is 4.79 Å². The fraction of sp³-hybridized carbons (Fsp3) is 0.200. The number of nitrogens with zero attached hydrogens (tertiary/aromatic N) is 2. The second-order valence-corrected chi connectivity index (χ2v) is 4.19. The van der Waals surface area contributed by atoms with Crippen LogP contribution < -0.4 is 11.3 Å². The molecule has 96 valence electrons. The molecule has 4 heteroatoms. The highest BCUT2D eigenvalue weighted by atomic mass is 16.1. The third kappa shape index (κ3) is 3.30. The van der Waals surface area contributed by atoms with Crippen LogP contribution in [0.15, 0.2) is 41.3 Å². The van der Waals surface area contributed by atoms with Gasteiger partial charge in [-0.1, -0.05) is 30.0 Å². The van der Waals surface area contributed by atoms with Crippen LogP contribution in [-0.4, -0.2) is 16.3 Å². The first-order valence-electron chi connectivity index (χ1n) is 6.01. The SMILES string of the molecule is Cc1cnn(Cc2ccccc2C#CCN)c(=O)c1. The monoisotopic (exact) mass is 253 g/mol. The lowest BCUT2D eigenvalue weighted by atomic mass is 10.1. The van der Waals surface area contributed by atoms with Crippen molar-refractivity contribution in [3.05, 3.63) is 63.6 Å². The second kappa shape index (κ2) is 5.98. The highest BCUT2D eigenvalue weighted by Gasteiger charge is 2.03. The van der Waals surface area contributed by atoms with Gasteiger partial charge in [-0.05, 0) is 24.1 Å². The molecule has 0 saturated heterocycles. The van der Waals surface area contributed by atoms with Gasteiger partial charge in [0.05, 0.1) is 19.3 Å². The molecule has 2 N–H and O–H groups in total. The van der Waals surface area contributed by atoms with Gasteiger partial charge in [0.2, 0.25) is 0 Å². The Morgan fingerprint density at radius 1 is 1.37 bits per heavy atom. The van der Waals surface area contributed by atoms with Gasteiger partial charge in [0.1, 0.15) is 0 Å². The van der Waals surface area contributed by atoms with Crippen molar-refractivity contribution in [3.8, 4) is 11.8 Å². The third-order valence-electron chi connectivity index (χ3n) is 2.67. The van der Waals surface area contributed by atoms with Crippen molar-refractivity contribution in [2.24, 2.45) is 5.73 Å². The number of hydrogen-bond donors (Lipinski definition) is 1. The minimum absolute atomic E-state index is 0.110. The van der Waals surface area contributed by atoms with E-state index >= 15 is 0 Å². The van der Waals surface area contributed by atoms with Crippen LogP contribution in [0.5, 0.6) is 0 Å². The third-order valence-corrected chi connectivity index (χ3v) is 2.67. The molecular formula is C15H15N3O. The van der Waals surface area contributed by atoms with E-state index in [4.69, 9.17) is 5.73 Å². The first-order chi connectivity index (χ1) is 9.20. The Hall–Kier alpha value is -2.38. The number of hydrogen-bond acceptors (Lipinski definition) is 3. The first kappa shape index (κ1) is 13.1. The van der Waals surface area contributed by atoms with Gasteiger partial charge in [-0.3, -0.25) is 4.79 Å². The van der Waals surface area contributed by atoms with Crippen molar-refractivity contribution >= 4 is 0 Å². The summed E-state index contributed by atoms with van der Waals surface area (Å²) in [6, 6.07) is 9.25. The Balaban J connectivity index is 2.35. The van der Waals surface area contributed by atoms with Gasteiger partial charge >= 0.3 is 0 Å². The predicted octanol–water partition coefficient (Wildman–Crippen LogP) is 0.910. The number of aryl methyl sites for hydroxylation is 1. The van der Waals surface area contributed by atoms with Crippen molar-refractivity contribution in [2.45, 2.75) is 13.5 Å². The van der Waals surface area contributed by atoms with Crippen LogP contribution in [-0.2, 0) is 6.54 Å². The molecule has 1 aromatic carbocycles. The van der Waals surface area contributed by atoms with Crippen LogP contribution in [0.2, 0.25) is 0 Å². The molecule has 0 atom stereocenters. The van der Waals surface area contributed by atoms with E-state index < -0.39 is 0 Å². The molecule has 0 unspecified atom stereocenters. The zero-order valence-electron chi connectivity index (χ0n) is 10.8. The van der Waals surface area contributed by atoms with E-state index in [0.717, 1.165) is 16.7 Å². The van der Waals surface area contributed by atoms with Gasteiger partial charge in [-0.15, -0.1) is 0 Å². The van der Waals surface area contributed by atoms with E-state index in [1.807, 2.05) is 31.2 Å². The Morgan fingerprint density at radius 2 is 2.16 bits per heavy atom. The highest BCUT2D eigenvalue weighted by Crippen LogP contribution is 2.08. The summed E-state index contributed by atoms with van der Waals surface area (Å²) in [5.74, 6) is 5.83. The van der Waals surface area contributed by atoms with Gasteiger partial charge in [-0.2, -0.15) is 5.10 Å². The maximum atomic E-state index is 11.8. The van der Waals surface area contributed by atoms with Crippen LogP contribution >= 0.6 is 0 Å². The number of nitrogens with two attached hydrogens (primary N) is 1. The molecule has 2 rings (SSSR count). The fourth-order valence-corrected chi connectivity index (χ4v) is 1.73. The second-order valence-electron chi connectivity index (χ2n) is 4.19. The summed E-state index contributed by atoms with van der Waals surface area (Å²) in [7, 11) is 0. The zero-order valence-corrected chi connectivity index (χ0v) is 10.8. The lowest BCUT2D eigenvalue weighted by Gasteiger charge is -2.06. The Morgan fingerprint density at radius 3 is 2.89 bits per heavy atom. The molecule has 0 spiro atoms. The lowest BCUT2D eigenvalue weighted by Crippen LogP contribution is -2.23. The largest absolute Gasteiger partial charge is 0.320 e. The maximum absolute atomic E-state index is 11.8. The Labute approximate surface area is 111 Å². The van der Waals surface area contributed by atoms with Crippen molar-refractivity contribution in [1.29, 1.82) is 0 Å². The molecule has 0 aliphatic heterocycles. The molecule has 0 bridgehead atoms. The van der Waals surface area contributed by atoms with Crippen LogP contribution in [0.25, 0.3) is 0 Å². The van der Waals surface area contributed by atoms with Crippen LogP contribution in [0, 0.1) is 18.8 Å². The number of rotatable bonds is 2. The zero-order chi connectivity index (χ0) is 13.7. The van der Waals surface area contributed by atoms with Gasteiger partial charge in [0.15, 0.2) is 0 Å². The quantitative estimate of drug-likeness (QED) is 0.809. The van der Waals surface area contributed by atoms with Gasteiger partial charge in [0.25, 0.3) is 5.56 Å². The summed E-state index contributed by atoms with van der Waals surface area (Å²) >= 11 is 0. The molecule has 19 heavy (non-hydrogen) atoms. The van der Waals surface area contributed by atoms with E-state index in [2.05, 4.69) is 16.9 Å². The van der Waals surface area contributed by atoms with Gasteiger partial charge < -0.3 is 5.73 Å². The molecule has 0 fully saturated rings. The highest BCUT2D eigenvalue weighted by molar-refractivity contribution is 5.41. The first-order valence-corrected chi connectivity index (χ1v) is 6.01. The standard InChI is InChI=1S/C15H15N3O/c1-12-9-15(19)18(17-10-12)11-14-6-3-2-5-13(14)7-4-8-16/h2-3,5-6,9-10H,8,11,16H2,1H3. The average molecular weight is 253 g/mol. The number of benzene rings is 1. The predicted molar refractivity (Wildman–Crippen MR) is 74.7 cm³/mol. The molecule has 0 radical (unpaired) electrons. The summed E-state index contributed by atoms with van der Waals surface area (Å²) in [6.45, 7) is 2.57. The summed E-state index contributed by atoms with van der Waals surface area (Å²) in [6.07, 6.45) is 1.68. The minimum Gasteiger partial charge on any atom is -0.320 e. The summed E-state index contributed by atoms with van der Waals surface area (Å²) in [4.78, 5) is 11.8. The van der Waals surface area contributed by atoms with Crippen molar-refractivity contribution < 1.29 is 0 Å². The molecule has 4 nitrogen and oxygen atoms in total. The summed E-state index contributed by atoms with van der Waals surface area (Å²) < 4.78 is 1.43. The van der Waals surface area contributed by atoms with Crippen molar-refractivity contribution in [3.63, 3.8) is 0 Å². The number of aromatic nitrogens is 2. The maximum Gasteiger partial charge on any atom is 0.267 e. The van der Waals surface area contributed by atoms with E-state index in [1.165, 1.54) is 4.68 Å². The van der Waals surface area contributed by atoms with Crippen LogP contribution in [0.1, 0.15) is 16.7 Å². The Kier molecular flexibility index (Phi) is 4.11. The van der Waals surface area contributed by atoms with E-state index in [-0.39, 0.29) is 5.56 Å². The Bertz CT molecular complexity index is 692. The van der Waals surface area contributed by atoms with Crippen molar-refractivity contribution in [1.82, 2.24) is 9.78 Å². The van der Waals surface area contributed by atoms with Crippen LogP contribution in [0.4, 0.5) is 0 Å². The minimum atomic E-state index is -0.110. The molecule has 0 amide bonds. The lowest BCUT2D eigenvalue weighted by molar-refractivity contribution is 0.635. The van der Waals surface area contributed by atoms with Crippen molar-refractivity contribution in [2.75, 3.05) is 6.54 Å². The molecule has 0 saturated carbocycles. The summed E-state index contributed by atoms with van der Waals surface area (Å²) in [5, 5.41) is 4.13. The van der Waals surface area contributed by atoms with E-state index in [0.29, 0.717) is 13.1 Å². The van der Waals surface area contributed by atoms with Gasteiger partial charge in [0, 0.05) is 11.6 Å². The summed E-state index contributed by atoms with van der Waals surface area (Å²) in [5.41, 5.74) is 7.96. The fourth-order valence-electron chi connectivity index (χ4n) is 1.73. The van der Waals surface area contributed by atoms with Crippen LogP contribution in [0.3, 0.4) is 0 Å². The van der Waals surface area contributed by atoms with Gasteiger partial charge in [-0.25, -0.2) is 4.68 Å². The molecule has 1 aromatic heterocycles. The average Bonchev–Trinajstić information content (AvgIpc) is 2.41. The smallest absolute Gasteiger partial charge is 0.267 e. The van der Waals surface area contributed by atoms with E-state index in [1.54, 1.807) is 12.3 Å². The topological polar surface area (TPSA) is 60.9 Å².